The molecule has 2 aliphatic rings. The van der Waals surface area contributed by atoms with E-state index in [0.717, 1.165) is 32.1 Å². The fourth-order valence-corrected chi connectivity index (χ4v) is 5.60. The van der Waals surface area contributed by atoms with Crippen molar-refractivity contribution in [1.29, 1.82) is 0 Å². The van der Waals surface area contributed by atoms with E-state index in [4.69, 9.17) is 4.74 Å². The summed E-state index contributed by atoms with van der Waals surface area (Å²) >= 11 is 1.75. The molecule has 25 heavy (non-hydrogen) atoms. The van der Waals surface area contributed by atoms with Gasteiger partial charge in [0.2, 0.25) is 0 Å². The molecule has 134 valence electrons. The van der Waals surface area contributed by atoms with E-state index in [1.165, 1.54) is 17.6 Å². The molecule has 0 saturated heterocycles. The van der Waals surface area contributed by atoms with Crippen molar-refractivity contribution in [2.24, 2.45) is 16.7 Å². The highest BCUT2D eigenvalue weighted by Gasteiger charge is 2.54. The van der Waals surface area contributed by atoms with Crippen molar-refractivity contribution in [3.63, 3.8) is 0 Å². The van der Waals surface area contributed by atoms with Crippen molar-refractivity contribution < 1.29 is 9.53 Å². The van der Waals surface area contributed by atoms with Gasteiger partial charge < -0.3 is 4.74 Å². The fourth-order valence-electron chi connectivity index (χ4n) is 4.92. The third-order valence-electron chi connectivity index (χ3n) is 6.26. The first-order chi connectivity index (χ1) is 12.0. The van der Waals surface area contributed by atoms with Gasteiger partial charge in [0, 0.05) is 4.90 Å². The van der Waals surface area contributed by atoms with Crippen LogP contribution in [0.15, 0.2) is 58.4 Å². The van der Waals surface area contributed by atoms with Crippen LogP contribution in [0.1, 0.15) is 46.0 Å². The molecular formula is C22H28O2S. The first-order valence-electron chi connectivity index (χ1n) is 9.18. The van der Waals surface area contributed by atoms with E-state index < -0.39 is 0 Å². The van der Waals surface area contributed by atoms with Gasteiger partial charge in [-0.15, -0.1) is 0 Å². The highest BCUT2D eigenvalue weighted by Crippen LogP contribution is 2.59. The number of thioether (sulfide) groups is 1. The van der Waals surface area contributed by atoms with Gasteiger partial charge in [-0.05, 0) is 67.1 Å². The van der Waals surface area contributed by atoms with E-state index >= 15 is 0 Å². The molecule has 1 aromatic rings. The zero-order chi connectivity index (χ0) is 17.9. The third-order valence-corrected chi connectivity index (χ3v) is 7.07. The van der Waals surface area contributed by atoms with Crippen molar-refractivity contribution in [2.45, 2.75) is 50.8 Å². The van der Waals surface area contributed by atoms with Gasteiger partial charge in [-0.3, -0.25) is 4.79 Å². The quantitative estimate of drug-likeness (QED) is 0.489. The lowest BCUT2D eigenvalue weighted by Gasteiger charge is -2.53. The normalized spacial score (nSPS) is 32.1. The molecule has 0 aliphatic heterocycles. The lowest BCUT2D eigenvalue weighted by atomic mass is 9.50. The second-order valence-corrected chi connectivity index (χ2v) is 8.68. The summed E-state index contributed by atoms with van der Waals surface area (Å²) in [6.07, 6.45) is 9.93. The number of hydrogen-bond donors (Lipinski definition) is 0. The van der Waals surface area contributed by atoms with Crippen LogP contribution in [0.4, 0.5) is 0 Å². The van der Waals surface area contributed by atoms with Gasteiger partial charge in [0.1, 0.15) is 0 Å². The number of hydrogen-bond acceptors (Lipinski definition) is 3. The molecule has 0 aromatic heterocycles. The van der Waals surface area contributed by atoms with Gasteiger partial charge in [0.25, 0.3) is 0 Å². The summed E-state index contributed by atoms with van der Waals surface area (Å²) in [6.45, 7) is 4.47. The van der Waals surface area contributed by atoms with E-state index in [1.54, 1.807) is 11.8 Å². The van der Waals surface area contributed by atoms with E-state index in [1.807, 2.05) is 6.07 Å². The number of allylic oxidation sites excluding steroid dienone is 3. The fraction of sp³-hybridized carbons (Fsp3) is 0.500. The van der Waals surface area contributed by atoms with Gasteiger partial charge in [0.05, 0.1) is 12.5 Å². The van der Waals surface area contributed by atoms with Gasteiger partial charge in [-0.25, -0.2) is 0 Å². The molecule has 1 fully saturated rings. The van der Waals surface area contributed by atoms with Crippen molar-refractivity contribution in [3.05, 3.63) is 53.5 Å². The summed E-state index contributed by atoms with van der Waals surface area (Å²) in [5.74, 6) is 0.319. The van der Waals surface area contributed by atoms with E-state index in [-0.39, 0.29) is 16.8 Å². The van der Waals surface area contributed by atoms with Crippen LogP contribution in [0.2, 0.25) is 0 Å². The Hall–Kier alpha value is -1.48. The zero-order valence-electron chi connectivity index (χ0n) is 15.5. The third kappa shape index (κ3) is 3.44. The molecular weight excluding hydrogens is 328 g/mol. The summed E-state index contributed by atoms with van der Waals surface area (Å²) in [5.41, 5.74) is 1.09. The SMILES string of the molecule is COC(=O)[C@]1(C)CCC[C@@]2(C)C(/C=C/Sc3ccccc3)=CCCC12. The molecule has 1 aromatic carbocycles. The monoisotopic (exact) mass is 356 g/mol. The summed E-state index contributed by atoms with van der Waals surface area (Å²) < 4.78 is 5.18. The number of fused-ring (bicyclic) bond motifs is 1. The van der Waals surface area contributed by atoms with Crippen molar-refractivity contribution in [3.8, 4) is 0 Å². The molecule has 0 spiro atoms. The average Bonchev–Trinajstić information content (AvgIpc) is 2.62. The smallest absolute Gasteiger partial charge is 0.311 e. The predicted molar refractivity (Wildman–Crippen MR) is 104 cm³/mol. The molecule has 0 N–H and O–H groups in total. The Balaban J connectivity index is 1.82. The Morgan fingerprint density at radius 3 is 2.72 bits per heavy atom. The predicted octanol–water partition coefficient (Wildman–Crippen LogP) is 6.00. The Morgan fingerprint density at radius 1 is 1.24 bits per heavy atom. The van der Waals surface area contributed by atoms with Crippen molar-refractivity contribution in [2.75, 3.05) is 7.11 Å². The van der Waals surface area contributed by atoms with Crippen LogP contribution >= 0.6 is 11.8 Å². The summed E-state index contributed by atoms with van der Waals surface area (Å²) in [7, 11) is 1.52. The molecule has 0 radical (unpaired) electrons. The summed E-state index contributed by atoms with van der Waals surface area (Å²) in [4.78, 5) is 13.8. The van der Waals surface area contributed by atoms with E-state index in [9.17, 15) is 4.79 Å². The number of esters is 1. The standard InChI is InChI=1S/C22H28O2S/c1-21-14-8-15-22(2,20(23)24-3)19(21)12-7-9-17(21)13-16-25-18-10-5-4-6-11-18/h4-6,9-11,13,16,19H,7-8,12,14-15H2,1-3H3/b16-13+/t19?,21-,22+/m0/s1. The lowest BCUT2D eigenvalue weighted by Crippen LogP contribution is -2.50. The molecule has 0 bridgehead atoms. The van der Waals surface area contributed by atoms with Gasteiger partial charge in [-0.2, -0.15) is 0 Å². The second kappa shape index (κ2) is 7.41. The molecule has 0 amide bonds. The van der Waals surface area contributed by atoms with Crippen LogP contribution in [0.5, 0.6) is 0 Å². The number of carbonyl (C=O) groups excluding carboxylic acids is 1. The van der Waals surface area contributed by atoms with Crippen LogP contribution in [0.3, 0.4) is 0 Å². The minimum absolute atomic E-state index is 0.0349. The Morgan fingerprint density at radius 2 is 2.00 bits per heavy atom. The minimum Gasteiger partial charge on any atom is -0.469 e. The highest BCUT2D eigenvalue weighted by atomic mass is 32.2. The van der Waals surface area contributed by atoms with Crippen LogP contribution in [-0.4, -0.2) is 13.1 Å². The Bertz CT molecular complexity index is 679. The van der Waals surface area contributed by atoms with Gasteiger partial charge in [0.15, 0.2) is 0 Å². The van der Waals surface area contributed by atoms with Crippen LogP contribution in [-0.2, 0) is 9.53 Å². The molecule has 1 saturated carbocycles. The number of ether oxygens (including phenoxy) is 1. The molecule has 3 atom stereocenters. The molecule has 2 aliphatic carbocycles. The number of methoxy groups -OCH3 is 1. The Labute approximate surface area is 155 Å². The minimum atomic E-state index is -0.359. The molecule has 3 rings (SSSR count). The zero-order valence-corrected chi connectivity index (χ0v) is 16.3. The maximum Gasteiger partial charge on any atom is 0.311 e. The second-order valence-electron chi connectivity index (χ2n) is 7.70. The van der Waals surface area contributed by atoms with E-state index in [0.29, 0.717) is 5.92 Å². The largest absolute Gasteiger partial charge is 0.469 e. The topological polar surface area (TPSA) is 26.3 Å². The van der Waals surface area contributed by atoms with Gasteiger partial charge in [-0.1, -0.05) is 55.5 Å². The maximum absolute atomic E-state index is 12.5. The molecule has 3 heteroatoms. The average molecular weight is 357 g/mol. The lowest BCUT2D eigenvalue weighted by molar-refractivity contribution is -0.162. The number of carbonyl (C=O) groups is 1. The van der Waals surface area contributed by atoms with Crippen molar-refractivity contribution in [1.82, 2.24) is 0 Å². The summed E-state index contributed by atoms with van der Waals surface area (Å²) in [6, 6.07) is 10.4. The van der Waals surface area contributed by atoms with E-state index in [2.05, 4.69) is 55.7 Å². The van der Waals surface area contributed by atoms with Crippen LogP contribution in [0, 0.1) is 16.7 Å². The van der Waals surface area contributed by atoms with Crippen LogP contribution < -0.4 is 0 Å². The van der Waals surface area contributed by atoms with Crippen molar-refractivity contribution >= 4 is 17.7 Å². The maximum atomic E-state index is 12.5. The number of rotatable bonds is 4. The highest BCUT2D eigenvalue weighted by molar-refractivity contribution is 8.02. The van der Waals surface area contributed by atoms with Gasteiger partial charge >= 0.3 is 5.97 Å². The molecule has 0 heterocycles. The summed E-state index contributed by atoms with van der Waals surface area (Å²) in [5, 5.41) is 2.19. The number of benzene rings is 1. The molecule has 1 unspecified atom stereocenters. The van der Waals surface area contributed by atoms with Crippen LogP contribution in [0.25, 0.3) is 0 Å². The first kappa shape index (κ1) is 18.3. The first-order valence-corrected chi connectivity index (χ1v) is 10.1. The Kier molecular flexibility index (Phi) is 5.43. The molecule has 2 nitrogen and oxygen atoms in total.